The molecule has 0 saturated heterocycles. The molecule has 0 aliphatic heterocycles. The van der Waals surface area contributed by atoms with Crippen LogP contribution >= 0.6 is 0 Å². The van der Waals surface area contributed by atoms with Gasteiger partial charge in [-0.3, -0.25) is 19.3 Å². The van der Waals surface area contributed by atoms with Crippen LogP contribution in [0.25, 0.3) is 0 Å². The Bertz CT molecular complexity index is 184. The maximum Gasteiger partial charge on any atom is 0.272 e. The van der Waals surface area contributed by atoms with E-state index in [0.717, 1.165) is 4.90 Å². The summed E-state index contributed by atoms with van der Waals surface area (Å²) in [7, 11) is 2.80. The van der Waals surface area contributed by atoms with Crippen LogP contribution in [-0.4, -0.2) is 54.0 Å². The molecule has 3 amide bonds. The van der Waals surface area contributed by atoms with Crippen LogP contribution in [0.4, 0.5) is 0 Å². The van der Waals surface area contributed by atoms with E-state index >= 15 is 0 Å². The van der Waals surface area contributed by atoms with Crippen molar-refractivity contribution in [3.63, 3.8) is 0 Å². The summed E-state index contributed by atoms with van der Waals surface area (Å²) in [5, 5.41) is 9.02. The van der Waals surface area contributed by atoms with Gasteiger partial charge in [0, 0.05) is 14.1 Å². The van der Waals surface area contributed by atoms with Gasteiger partial charge in [0.1, 0.15) is 0 Å². The molecule has 0 saturated carbocycles. The van der Waals surface area contributed by atoms with Gasteiger partial charge in [0.15, 0.2) is 0 Å². The molecule has 0 spiro atoms. The van der Waals surface area contributed by atoms with E-state index in [2.05, 4.69) is 0 Å². The number of rotatable bonds is 4. The van der Waals surface area contributed by atoms with Gasteiger partial charge in [0.2, 0.25) is 19.0 Å². The van der Waals surface area contributed by atoms with E-state index < -0.39 is 12.1 Å². The van der Waals surface area contributed by atoms with Crippen LogP contribution < -0.4 is 0 Å². The fourth-order valence-corrected chi connectivity index (χ4v) is 0.499. The summed E-state index contributed by atoms with van der Waals surface area (Å²) >= 11 is 0. The van der Waals surface area contributed by atoms with Crippen LogP contribution in [0.1, 0.15) is 0 Å². The molecule has 0 fully saturated rings. The Morgan fingerprint density at radius 3 is 2.00 bits per heavy atom. The number of amides is 3. The number of hydrogen-bond donors (Lipinski definition) is 1. The lowest BCUT2D eigenvalue weighted by Crippen LogP contribution is -2.45. The van der Waals surface area contributed by atoms with Gasteiger partial charge >= 0.3 is 0 Å². The predicted molar refractivity (Wildman–Crippen MR) is 38.7 cm³/mol. The normalized spacial score (nSPS) is 11.6. The molecular formula is C6H10N2O4. The molecule has 1 N–H and O–H groups in total. The summed E-state index contributed by atoms with van der Waals surface area (Å²) in [6.07, 6.45) is -1.56. The summed E-state index contributed by atoms with van der Waals surface area (Å²) < 4.78 is 0. The number of aliphatic hydroxyl groups excluding tert-OH is 1. The van der Waals surface area contributed by atoms with Crippen molar-refractivity contribution in [2.75, 3.05) is 14.1 Å². The van der Waals surface area contributed by atoms with Crippen molar-refractivity contribution >= 4 is 18.7 Å². The van der Waals surface area contributed by atoms with Crippen LogP contribution in [-0.2, 0) is 14.4 Å². The maximum atomic E-state index is 10.9. The third-order valence-corrected chi connectivity index (χ3v) is 1.19. The first-order chi connectivity index (χ1) is 5.54. The Hall–Kier alpha value is -1.43. The minimum Gasteiger partial charge on any atom is -0.365 e. The van der Waals surface area contributed by atoms with Crippen molar-refractivity contribution in [3.05, 3.63) is 0 Å². The fourth-order valence-electron chi connectivity index (χ4n) is 0.499. The van der Waals surface area contributed by atoms with Gasteiger partial charge in [0.05, 0.1) is 0 Å². The Morgan fingerprint density at radius 1 is 1.33 bits per heavy atom. The monoisotopic (exact) mass is 174 g/mol. The summed E-state index contributed by atoms with van der Waals surface area (Å²) in [6.45, 7) is 0. The first kappa shape index (κ1) is 10.6. The molecule has 0 radical (unpaired) electrons. The number of carbonyl (C=O) groups is 3. The van der Waals surface area contributed by atoms with E-state index in [-0.39, 0.29) is 12.8 Å². The Morgan fingerprint density at radius 2 is 1.75 bits per heavy atom. The third kappa shape index (κ3) is 2.31. The average molecular weight is 174 g/mol. The van der Waals surface area contributed by atoms with E-state index in [1.165, 1.54) is 14.1 Å². The zero-order chi connectivity index (χ0) is 9.72. The first-order valence-corrected chi connectivity index (χ1v) is 3.12. The molecule has 0 rings (SSSR count). The topological polar surface area (TPSA) is 77.9 Å². The zero-order valence-electron chi connectivity index (χ0n) is 6.80. The Balaban J connectivity index is 4.35. The second-order valence-electron chi connectivity index (χ2n) is 2.26. The van der Waals surface area contributed by atoms with Gasteiger partial charge < -0.3 is 10.0 Å². The van der Waals surface area contributed by atoms with Gasteiger partial charge in [-0.05, 0) is 0 Å². The summed E-state index contributed by atoms with van der Waals surface area (Å²) in [4.78, 5) is 32.5. The molecule has 1 atom stereocenters. The predicted octanol–water partition coefficient (Wildman–Crippen LogP) is -1.99. The second-order valence-corrected chi connectivity index (χ2v) is 2.26. The second kappa shape index (κ2) is 4.45. The molecule has 0 aromatic rings. The van der Waals surface area contributed by atoms with Gasteiger partial charge in [-0.1, -0.05) is 0 Å². The number of nitrogens with zero attached hydrogens (tertiary/aromatic N) is 2. The van der Waals surface area contributed by atoms with Crippen molar-refractivity contribution in [2.24, 2.45) is 0 Å². The number of likely N-dealkylation sites (N-methyl/N-ethyl adjacent to an activating group) is 1. The molecule has 6 heteroatoms. The minimum absolute atomic E-state index is 0.0824. The van der Waals surface area contributed by atoms with E-state index in [0.29, 0.717) is 4.90 Å². The van der Waals surface area contributed by atoms with Gasteiger partial charge in [-0.15, -0.1) is 0 Å². The van der Waals surface area contributed by atoms with Crippen LogP contribution in [0.15, 0.2) is 0 Å². The SMILES string of the molecule is CN(C)C(=O)C(O)N(C=O)C=O. The van der Waals surface area contributed by atoms with Gasteiger partial charge in [0.25, 0.3) is 5.91 Å². The molecule has 68 valence electrons. The van der Waals surface area contributed by atoms with Crippen molar-refractivity contribution in [2.45, 2.75) is 6.23 Å². The average Bonchev–Trinajstić information content (AvgIpc) is 2.05. The first-order valence-electron chi connectivity index (χ1n) is 3.12. The standard InChI is InChI=1S/C6H10N2O4/c1-7(2)5(11)6(12)8(3-9)4-10/h3-4,6,12H,1-2H3. The summed E-state index contributed by atoms with van der Waals surface area (Å²) in [6, 6.07) is 0. The third-order valence-electron chi connectivity index (χ3n) is 1.19. The van der Waals surface area contributed by atoms with Crippen molar-refractivity contribution in [1.29, 1.82) is 0 Å². The van der Waals surface area contributed by atoms with Crippen LogP contribution in [0.3, 0.4) is 0 Å². The lowest BCUT2D eigenvalue weighted by molar-refractivity contribution is -0.156. The molecule has 12 heavy (non-hydrogen) atoms. The van der Waals surface area contributed by atoms with Gasteiger partial charge in [-0.2, -0.15) is 0 Å². The smallest absolute Gasteiger partial charge is 0.272 e. The lowest BCUT2D eigenvalue weighted by atomic mass is 10.4. The Labute approximate surface area is 69.4 Å². The summed E-state index contributed by atoms with van der Waals surface area (Å²) in [5.41, 5.74) is 0. The molecule has 0 heterocycles. The maximum absolute atomic E-state index is 10.9. The fraction of sp³-hybridized carbons (Fsp3) is 0.500. The number of carbonyl (C=O) groups excluding carboxylic acids is 3. The van der Waals surface area contributed by atoms with Gasteiger partial charge in [-0.25, -0.2) is 0 Å². The highest BCUT2D eigenvalue weighted by Gasteiger charge is 2.22. The summed E-state index contributed by atoms with van der Waals surface area (Å²) in [5.74, 6) is -0.728. The molecule has 6 nitrogen and oxygen atoms in total. The molecule has 0 aromatic heterocycles. The van der Waals surface area contributed by atoms with E-state index in [9.17, 15) is 14.4 Å². The largest absolute Gasteiger partial charge is 0.365 e. The van der Waals surface area contributed by atoms with E-state index in [1.54, 1.807) is 0 Å². The molecule has 0 aliphatic carbocycles. The van der Waals surface area contributed by atoms with Crippen molar-refractivity contribution < 1.29 is 19.5 Å². The number of aliphatic hydroxyl groups is 1. The lowest BCUT2D eigenvalue weighted by Gasteiger charge is -2.19. The number of imide groups is 1. The highest BCUT2D eigenvalue weighted by atomic mass is 16.3. The quantitative estimate of drug-likeness (QED) is 0.395. The van der Waals surface area contributed by atoms with Crippen LogP contribution in [0, 0.1) is 0 Å². The molecule has 0 bridgehead atoms. The highest BCUT2D eigenvalue weighted by Crippen LogP contribution is 1.92. The minimum atomic E-state index is -1.73. The van der Waals surface area contributed by atoms with Crippen LogP contribution in [0.2, 0.25) is 0 Å². The molecular weight excluding hydrogens is 164 g/mol. The molecule has 0 aliphatic rings. The van der Waals surface area contributed by atoms with Crippen molar-refractivity contribution in [3.8, 4) is 0 Å². The molecule has 1 unspecified atom stereocenters. The van der Waals surface area contributed by atoms with Crippen LogP contribution in [0.5, 0.6) is 0 Å². The van der Waals surface area contributed by atoms with E-state index in [1.807, 2.05) is 0 Å². The molecule has 0 aromatic carbocycles. The zero-order valence-corrected chi connectivity index (χ0v) is 6.80. The van der Waals surface area contributed by atoms with Crippen molar-refractivity contribution in [1.82, 2.24) is 9.80 Å². The van der Waals surface area contributed by atoms with E-state index in [4.69, 9.17) is 5.11 Å². The number of hydrogen-bond acceptors (Lipinski definition) is 4. The Kier molecular flexibility index (Phi) is 3.92. The highest BCUT2D eigenvalue weighted by molar-refractivity contribution is 5.85.